The highest BCUT2D eigenvalue weighted by Crippen LogP contribution is 2.37. The summed E-state index contributed by atoms with van der Waals surface area (Å²) in [6.07, 6.45) is 11.4. The lowest BCUT2D eigenvalue weighted by atomic mass is 9.95. The minimum absolute atomic E-state index is 0.114. The Morgan fingerprint density at radius 1 is 0.382 bits per heavy atom. The summed E-state index contributed by atoms with van der Waals surface area (Å²) < 4.78 is 90.6. The second-order valence-corrected chi connectivity index (χ2v) is 34.2. The molecule has 136 heavy (non-hydrogen) atoms. The zero-order chi connectivity index (χ0) is 93.7. The van der Waals surface area contributed by atoms with Crippen molar-refractivity contribution in [3.05, 3.63) is 360 Å². The van der Waals surface area contributed by atoms with E-state index in [1.165, 1.54) is 40.2 Å². The number of halogens is 4. The van der Waals surface area contributed by atoms with Gasteiger partial charge in [-0.15, -0.1) is 0 Å². The predicted octanol–water partition coefficient (Wildman–Crippen LogP) is 15.0. The number of ether oxygens (including phenoxy) is 6. The minimum atomic E-state index is -4.44. The molecule has 10 aromatic carbocycles. The van der Waals surface area contributed by atoms with Crippen molar-refractivity contribution in [1.82, 2.24) is 62.9 Å². The molecule has 8 aromatic heterocycles. The maximum Gasteiger partial charge on any atom is 0.422 e. The number of aliphatic hydroxyl groups is 4. The van der Waals surface area contributed by atoms with Gasteiger partial charge in [-0.05, 0) is 196 Å². The third kappa shape index (κ3) is 19.2. The van der Waals surface area contributed by atoms with Gasteiger partial charge >= 0.3 is 6.18 Å². The summed E-state index contributed by atoms with van der Waals surface area (Å²) in [5, 5.41) is 55.6. The van der Waals surface area contributed by atoms with E-state index in [9.17, 15) is 57.2 Å². The van der Waals surface area contributed by atoms with Gasteiger partial charge in [0.05, 0.1) is 168 Å². The second-order valence-electron chi connectivity index (χ2n) is 34.2. The van der Waals surface area contributed by atoms with Crippen molar-refractivity contribution in [2.45, 2.75) is 106 Å². The van der Waals surface area contributed by atoms with Gasteiger partial charge in [-0.3, -0.25) is 42.4 Å². The first-order chi connectivity index (χ1) is 66.2. The van der Waals surface area contributed by atoms with Crippen LogP contribution in [0.1, 0.15) is 94.4 Å². The topological polar surface area (TPSA) is 332 Å². The highest BCUT2D eigenvalue weighted by molar-refractivity contribution is 6.10. The lowest BCUT2D eigenvalue weighted by molar-refractivity contribution is -0.154. The number of benzene rings is 10. The molecule has 0 amide bonds. The number of aromatic nitrogens is 13. The Balaban J connectivity index is 0.000000116. The maximum absolute atomic E-state index is 14.3. The molecule has 0 aliphatic carbocycles. The first kappa shape index (κ1) is 90.6. The summed E-state index contributed by atoms with van der Waals surface area (Å²) in [6.45, 7) is 1.38. The largest absolute Gasteiger partial charge is 0.497 e. The molecule has 27 nitrogen and oxygen atoms in total. The van der Waals surface area contributed by atoms with Gasteiger partial charge in [-0.1, -0.05) is 127 Å². The monoisotopic (exact) mass is 1840 g/mol. The number of hydrogen-bond acceptors (Lipinski definition) is 22. The van der Waals surface area contributed by atoms with E-state index in [0.29, 0.717) is 133 Å². The smallest absolute Gasteiger partial charge is 0.422 e. The molecule has 4 fully saturated rings. The first-order valence-corrected chi connectivity index (χ1v) is 44.9. The molecule has 31 heteroatoms. The molecule has 0 spiro atoms. The van der Waals surface area contributed by atoms with Crippen molar-refractivity contribution in [3.8, 4) is 28.6 Å². The fraction of sp³-hybridized carbons (Fsp3) is 0.257. The Labute approximate surface area is 773 Å². The van der Waals surface area contributed by atoms with Crippen LogP contribution in [-0.4, -0.2) is 181 Å². The molecule has 690 valence electrons. The van der Waals surface area contributed by atoms with Crippen LogP contribution in [0.4, 0.5) is 17.6 Å². The molecule has 22 rings (SSSR count). The molecular formula is C105H93F4N13O14. The molecule has 0 saturated carbocycles. The average Bonchev–Trinajstić information content (AvgIpc) is 0.883. The fourth-order valence-corrected chi connectivity index (χ4v) is 18.7. The quantitative estimate of drug-likeness (QED) is 0.0374. The number of alkyl halides is 3. The maximum atomic E-state index is 14.3. The highest BCUT2D eigenvalue weighted by Gasteiger charge is 2.34. The van der Waals surface area contributed by atoms with Gasteiger partial charge in [0.2, 0.25) is 11.8 Å². The summed E-state index contributed by atoms with van der Waals surface area (Å²) in [5.74, 6) is 0.131. The molecule has 4 aliphatic rings. The third-order valence-corrected chi connectivity index (χ3v) is 25.6. The van der Waals surface area contributed by atoms with E-state index >= 15 is 0 Å². The van der Waals surface area contributed by atoms with Crippen LogP contribution in [0.15, 0.2) is 288 Å². The van der Waals surface area contributed by atoms with Crippen molar-refractivity contribution in [2.75, 3.05) is 66.6 Å². The molecular weight excluding hydrogens is 1740 g/mol. The number of fused-ring (bicyclic) bond motifs is 12. The summed E-state index contributed by atoms with van der Waals surface area (Å²) in [4.78, 5) is 84.7. The molecule has 0 unspecified atom stereocenters. The van der Waals surface area contributed by atoms with Gasteiger partial charge in [0.25, 0.3) is 22.2 Å². The third-order valence-electron chi connectivity index (χ3n) is 25.6. The lowest BCUT2D eigenvalue weighted by Crippen LogP contribution is -2.39. The van der Waals surface area contributed by atoms with E-state index in [1.54, 1.807) is 65.6 Å². The van der Waals surface area contributed by atoms with Crippen LogP contribution in [-0.2, 0) is 44.6 Å². The van der Waals surface area contributed by atoms with Gasteiger partial charge in [-0.2, -0.15) is 22.7 Å². The van der Waals surface area contributed by atoms with Gasteiger partial charge in [0.1, 0.15) is 5.75 Å². The first-order valence-electron chi connectivity index (χ1n) is 44.9. The number of methoxy groups -OCH3 is 1. The number of nitrogens with zero attached hydrogens (tertiary/aromatic N) is 13. The van der Waals surface area contributed by atoms with Crippen LogP contribution >= 0.6 is 0 Å². The molecule has 0 radical (unpaired) electrons. The Bertz CT molecular complexity index is 7700. The van der Waals surface area contributed by atoms with Crippen molar-refractivity contribution < 1.29 is 66.4 Å². The summed E-state index contributed by atoms with van der Waals surface area (Å²) in [5.41, 5.74) is 11.6. The van der Waals surface area contributed by atoms with Gasteiger partial charge in [-0.25, -0.2) is 34.6 Å². The Hall–Kier alpha value is -14.5. The summed E-state index contributed by atoms with van der Waals surface area (Å²) >= 11 is 0. The van der Waals surface area contributed by atoms with E-state index < -0.39 is 49.2 Å². The van der Waals surface area contributed by atoms with E-state index in [4.69, 9.17) is 23.7 Å². The molecule has 18 aromatic rings. The van der Waals surface area contributed by atoms with Gasteiger partial charge < -0.3 is 48.8 Å². The van der Waals surface area contributed by atoms with E-state index in [-0.39, 0.29) is 72.7 Å². The molecule has 0 bridgehead atoms. The van der Waals surface area contributed by atoms with Crippen molar-refractivity contribution in [2.24, 2.45) is 0 Å². The van der Waals surface area contributed by atoms with Crippen LogP contribution < -0.4 is 31.7 Å². The van der Waals surface area contributed by atoms with Crippen LogP contribution in [0.25, 0.3) is 104 Å². The fourth-order valence-electron chi connectivity index (χ4n) is 18.7. The Morgan fingerprint density at radius 3 is 1.11 bits per heavy atom. The summed E-state index contributed by atoms with van der Waals surface area (Å²) in [6, 6.07) is 66.0. The molecule has 4 saturated heterocycles. The van der Waals surface area contributed by atoms with E-state index in [2.05, 4.69) is 69.0 Å². The van der Waals surface area contributed by atoms with Gasteiger partial charge in [0.15, 0.2) is 6.61 Å². The standard InChI is InChI=1S/C28H23FN4O3.C27H24N4O3.C25H22F3N3O4.C25H24N2O4/c29-27-21(6-3-9-31-27)23-13-17(7-10-30-23)12-18-14-22-26(20-5-2-1-4-19(18)20)32-16-33(28(22)35)24-8-11-36-15-25(24)34;32-25-16-34-13-10-24(25)30-17-28-26-22-5-2-1-4-21(22)19(15-23(26)27(30)33)14-18-6-8-20(9-7-18)31-12-3-11-29-31;26-25(27,28)13-35-22-6-5-15(11-29-22)9-16-10-19-23(18-4-2-1-3-17(16)18)30-14-31(24(19)33)20-7-8-34-12-21(20)32;1-30-18-8-6-16(7-9-18)12-17-13-21-24(20-5-3-2-4-19(17)20)26-15-27(25(21)29)22-10-11-31-14-23(22)28/h1-7,9-10,13-14,16,24-25,34H,8,11-12,15H2;1-9,11-12,15,17,24-25,32H,10,13-14,16H2;1-6,10-11,14,20-21,32H,7-9,12-13H2;2-9,13,15,22-23,28H,10-12,14H2,1H3/t2*24-,25-;20-,21-;22-,23-/m0000/s1. The number of pyridine rings is 3. The Kier molecular flexibility index (Phi) is 26.6. The lowest BCUT2D eigenvalue weighted by Gasteiger charge is -2.29. The van der Waals surface area contributed by atoms with Gasteiger partial charge in [0, 0.05) is 85.0 Å². The summed E-state index contributed by atoms with van der Waals surface area (Å²) in [7, 11) is 1.65. The molecule has 12 heterocycles. The van der Waals surface area contributed by atoms with Crippen molar-refractivity contribution in [1.29, 1.82) is 0 Å². The van der Waals surface area contributed by atoms with Crippen LogP contribution in [0, 0.1) is 5.95 Å². The van der Waals surface area contributed by atoms with Crippen LogP contribution in [0.5, 0.6) is 11.6 Å². The molecule has 4 N–H and O–H groups in total. The zero-order valence-electron chi connectivity index (χ0n) is 73.7. The highest BCUT2D eigenvalue weighted by atomic mass is 19.4. The van der Waals surface area contributed by atoms with E-state index in [0.717, 1.165) is 99.0 Å². The predicted molar refractivity (Wildman–Crippen MR) is 507 cm³/mol. The molecule has 8 atom stereocenters. The number of hydrogen-bond donors (Lipinski definition) is 4. The van der Waals surface area contributed by atoms with Crippen LogP contribution in [0.3, 0.4) is 0 Å². The number of rotatable bonds is 17. The van der Waals surface area contributed by atoms with E-state index in [1.807, 2.05) is 169 Å². The normalized spacial score (nSPS) is 18.6. The minimum Gasteiger partial charge on any atom is -0.497 e. The Morgan fingerprint density at radius 2 is 0.757 bits per heavy atom. The zero-order valence-corrected chi connectivity index (χ0v) is 73.7. The second kappa shape index (κ2) is 39.9. The molecule has 4 aliphatic heterocycles. The van der Waals surface area contributed by atoms with Crippen molar-refractivity contribution >= 4 is 86.7 Å². The van der Waals surface area contributed by atoms with Crippen molar-refractivity contribution in [3.63, 3.8) is 0 Å². The number of aliphatic hydroxyl groups excluding tert-OH is 4. The average molecular weight is 1840 g/mol. The SMILES string of the molecule is COc1ccc(Cc2cc3c(=O)n([C@H]4CCOC[C@@H]4O)cnc3c3ccccc23)cc1.O=c1c2cc(Cc3ccc(-n4cccn4)cc3)c3ccccc3c2ncn1[C@H]1CCOC[C@@H]1O.O=c1c2cc(Cc3ccc(OCC(F)(F)F)nc3)c3ccccc3c2ncn1[C@H]1CCOC[C@@H]1O.O=c1c2cc(Cc3ccnc(-c4cccnc4F)c3)c3ccccc3c2ncn1[C@H]1CCOC[C@@H]1O. The van der Waals surface area contributed by atoms with Crippen LogP contribution in [0.2, 0.25) is 0 Å².